The predicted molar refractivity (Wildman–Crippen MR) is 112 cm³/mol. The van der Waals surface area contributed by atoms with Gasteiger partial charge < -0.3 is 24.3 Å². The summed E-state index contributed by atoms with van der Waals surface area (Å²) in [4.78, 5) is 37.1. The second kappa shape index (κ2) is 8.79. The van der Waals surface area contributed by atoms with Gasteiger partial charge in [-0.1, -0.05) is 48.5 Å². The molecule has 1 aliphatic carbocycles. The Morgan fingerprint density at radius 1 is 1.00 bits per heavy atom. The van der Waals surface area contributed by atoms with Gasteiger partial charge in [-0.05, 0) is 43.0 Å². The topological polar surface area (TPSA) is 96.0 Å². The molecule has 3 rings (SSSR count). The van der Waals surface area contributed by atoms with Gasteiger partial charge >= 0.3 is 12.1 Å². The van der Waals surface area contributed by atoms with Crippen LogP contribution in [0, 0.1) is 0 Å². The van der Waals surface area contributed by atoms with Crippen molar-refractivity contribution in [3.05, 3.63) is 59.7 Å². The molecule has 1 aliphatic rings. The van der Waals surface area contributed by atoms with Crippen LogP contribution in [0.1, 0.15) is 44.2 Å². The van der Waals surface area contributed by atoms with Crippen molar-refractivity contribution in [3.63, 3.8) is 0 Å². The Balaban J connectivity index is 1.69. The molecule has 164 valence electrons. The number of likely N-dealkylation sites (N-methyl/N-ethyl adjacent to an activating group) is 1. The Kier molecular flexibility index (Phi) is 6.34. The Hall–Kier alpha value is -3.35. The standard InChI is InChI=1S/C24H27NO6/c1-24(2,3)31-21(26)13-20(22(27)28)25(4)23(29)30-14-19-17-11-7-5-9-15(17)16-10-6-8-12-18(16)19/h5-12,19-20H,13-14H2,1-4H3,(H,27,28)/p-1/t20-/m0/s1. The third-order valence-corrected chi connectivity index (χ3v) is 5.14. The lowest BCUT2D eigenvalue weighted by molar-refractivity contribution is -0.311. The van der Waals surface area contributed by atoms with Crippen LogP contribution in [0.25, 0.3) is 11.1 Å². The predicted octanol–water partition coefficient (Wildman–Crippen LogP) is 2.72. The summed E-state index contributed by atoms with van der Waals surface area (Å²) in [5.41, 5.74) is 3.50. The highest BCUT2D eigenvalue weighted by Gasteiger charge is 2.31. The number of hydrogen-bond donors (Lipinski definition) is 0. The number of carbonyl (C=O) groups excluding carboxylic acids is 3. The summed E-state index contributed by atoms with van der Waals surface area (Å²) in [6, 6.07) is 14.3. The summed E-state index contributed by atoms with van der Waals surface area (Å²) >= 11 is 0. The van der Waals surface area contributed by atoms with Crippen LogP contribution >= 0.6 is 0 Å². The molecule has 7 heteroatoms. The van der Waals surface area contributed by atoms with Crippen LogP contribution in [-0.4, -0.2) is 48.2 Å². The minimum Gasteiger partial charge on any atom is -0.548 e. The average molecular weight is 424 g/mol. The summed E-state index contributed by atoms with van der Waals surface area (Å²) in [5.74, 6) is -2.45. The van der Waals surface area contributed by atoms with E-state index in [0.29, 0.717) is 0 Å². The van der Waals surface area contributed by atoms with Gasteiger partial charge in [0.25, 0.3) is 0 Å². The van der Waals surface area contributed by atoms with Gasteiger partial charge in [-0.3, -0.25) is 4.79 Å². The number of rotatable bonds is 6. The number of hydrogen-bond acceptors (Lipinski definition) is 6. The van der Waals surface area contributed by atoms with Gasteiger partial charge in [-0.2, -0.15) is 0 Å². The van der Waals surface area contributed by atoms with Gasteiger partial charge in [0.05, 0.1) is 18.4 Å². The van der Waals surface area contributed by atoms with Gasteiger partial charge in [0, 0.05) is 13.0 Å². The fraction of sp³-hybridized carbons (Fsp3) is 0.375. The Morgan fingerprint density at radius 3 is 2.00 bits per heavy atom. The first-order valence-electron chi connectivity index (χ1n) is 10.1. The smallest absolute Gasteiger partial charge is 0.410 e. The van der Waals surface area contributed by atoms with E-state index in [-0.39, 0.29) is 12.5 Å². The lowest BCUT2D eigenvalue weighted by Crippen LogP contribution is -2.50. The van der Waals surface area contributed by atoms with Gasteiger partial charge in [-0.15, -0.1) is 0 Å². The van der Waals surface area contributed by atoms with Crippen LogP contribution in [0.15, 0.2) is 48.5 Å². The fourth-order valence-corrected chi connectivity index (χ4v) is 3.74. The zero-order valence-corrected chi connectivity index (χ0v) is 18.1. The molecule has 0 saturated carbocycles. The lowest BCUT2D eigenvalue weighted by Gasteiger charge is -2.29. The summed E-state index contributed by atoms with van der Waals surface area (Å²) in [5, 5.41) is 11.6. The first kappa shape index (κ1) is 22.3. The zero-order chi connectivity index (χ0) is 22.8. The van der Waals surface area contributed by atoms with Crippen molar-refractivity contribution in [2.75, 3.05) is 13.7 Å². The Morgan fingerprint density at radius 2 is 1.52 bits per heavy atom. The molecule has 0 bridgehead atoms. The molecule has 2 aromatic carbocycles. The van der Waals surface area contributed by atoms with Crippen LogP contribution in [0.3, 0.4) is 0 Å². The minimum absolute atomic E-state index is 0.0450. The third-order valence-electron chi connectivity index (χ3n) is 5.14. The number of amides is 1. The molecule has 0 aliphatic heterocycles. The van der Waals surface area contributed by atoms with E-state index in [0.717, 1.165) is 27.2 Å². The minimum atomic E-state index is -1.55. The maximum atomic E-state index is 12.6. The Bertz CT molecular complexity index is 948. The fourth-order valence-electron chi connectivity index (χ4n) is 3.74. The molecule has 0 N–H and O–H groups in total. The van der Waals surface area contributed by atoms with Crippen molar-refractivity contribution in [3.8, 4) is 11.1 Å². The van der Waals surface area contributed by atoms with Crippen LogP contribution in [0.4, 0.5) is 4.79 Å². The zero-order valence-electron chi connectivity index (χ0n) is 18.1. The number of carboxylic acid groups (broad SMARTS) is 1. The first-order chi connectivity index (χ1) is 14.6. The molecule has 31 heavy (non-hydrogen) atoms. The number of benzene rings is 2. The number of ether oxygens (including phenoxy) is 2. The third kappa shape index (κ3) is 5.05. The molecule has 7 nitrogen and oxygen atoms in total. The monoisotopic (exact) mass is 424 g/mol. The molecule has 1 amide bonds. The second-order valence-electron chi connectivity index (χ2n) is 8.54. The van der Waals surface area contributed by atoms with E-state index in [1.807, 2.05) is 48.5 Å². The summed E-state index contributed by atoms with van der Waals surface area (Å²) < 4.78 is 10.6. The molecule has 2 aromatic rings. The highest BCUT2D eigenvalue weighted by molar-refractivity contribution is 5.84. The van der Waals surface area contributed by atoms with Crippen molar-refractivity contribution in [2.45, 2.75) is 44.8 Å². The number of carboxylic acids is 1. The maximum Gasteiger partial charge on any atom is 0.410 e. The molecule has 0 fully saturated rings. The normalized spacial score (nSPS) is 13.7. The maximum absolute atomic E-state index is 12.6. The van der Waals surface area contributed by atoms with E-state index in [1.54, 1.807) is 20.8 Å². The van der Waals surface area contributed by atoms with E-state index < -0.39 is 36.1 Å². The van der Waals surface area contributed by atoms with Crippen molar-refractivity contribution < 1.29 is 29.0 Å². The molecule has 0 radical (unpaired) electrons. The number of carbonyl (C=O) groups is 3. The number of aliphatic carboxylic acids is 1. The van der Waals surface area contributed by atoms with E-state index in [2.05, 4.69) is 0 Å². The van der Waals surface area contributed by atoms with Gasteiger partial charge in [0.15, 0.2) is 0 Å². The molecule has 1 atom stereocenters. The van der Waals surface area contributed by atoms with Crippen LogP contribution < -0.4 is 5.11 Å². The molecular weight excluding hydrogens is 398 g/mol. The number of nitrogens with zero attached hydrogens (tertiary/aromatic N) is 1. The highest BCUT2D eigenvalue weighted by Crippen LogP contribution is 2.44. The molecular formula is C24H26NO6-. The second-order valence-corrected chi connectivity index (χ2v) is 8.54. The lowest BCUT2D eigenvalue weighted by atomic mass is 9.98. The molecule has 0 spiro atoms. The van der Waals surface area contributed by atoms with E-state index >= 15 is 0 Å². The SMILES string of the molecule is CN(C(=O)OCC1c2ccccc2-c2ccccc21)[C@@H](CC(=O)OC(C)(C)C)C(=O)[O-]. The van der Waals surface area contributed by atoms with Crippen molar-refractivity contribution in [1.29, 1.82) is 0 Å². The van der Waals surface area contributed by atoms with Crippen LogP contribution in [0.2, 0.25) is 0 Å². The highest BCUT2D eigenvalue weighted by atomic mass is 16.6. The summed E-state index contributed by atoms with van der Waals surface area (Å²) in [6.07, 6.45) is -1.38. The first-order valence-corrected chi connectivity index (χ1v) is 10.1. The van der Waals surface area contributed by atoms with Crippen molar-refractivity contribution in [2.24, 2.45) is 0 Å². The van der Waals surface area contributed by atoms with Crippen molar-refractivity contribution in [1.82, 2.24) is 4.90 Å². The van der Waals surface area contributed by atoms with E-state index in [1.165, 1.54) is 7.05 Å². The van der Waals surface area contributed by atoms with Crippen molar-refractivity contribution >= 4 is 18.0 Å². The summed E-state index contributed by atoms with van der Waals surface area (Å²) in [7, 11) is 1.27. The van der Waals surface area contributed by atoms with Gasteiger partial charge in [0.1, 0.15) is 12.2 Å². The summed E-state index contributed by atoms with van der Waals surface area (Å²) in [6.45, 7) is 5.07. The van der Waals surface area contributed by atoms with E-state index in [4.69, 9.17) is 9.47 Å². The molecule has 0 aromatic heterocycles. The van der Waals surface area contributed by atoms with Gasteiger partial charge in [0.2, 0.25) is 0 Å². The average Bonchev–Trinajstić information content (AvgIpc) is 3.02. The number of fused-ring (bicyclic) bond motifs is 3. The molecule has 0 unspecified atom stereocenters. The molecule has 0 saturated heterocycles. The largest absolute Gasteiger partial charge is 0.548 e. The number of esters is 1. The Labute approximate surface area is 181 Å². The van der Waals surface area contributed by atoms with E-state index in [9.17, 15) is 19.5 Å². The van der Waals surface area contributed by atoms with Crippen LogP contribution in [-0.2, 0) is 19.1 Å². The molecule has 0 heterocycles. The van der Waals surface area contributed by atoms with Crippen LogP contribution in [0.5, 0.6) is 0 Å². The van der Waals surface area contributed by atoms with Gasteiger partial charge in [-0.25, -0.2) is 4.79 Å². The quantitative estimate of drug-likeness (QED) is 0.662.